The second-order valence-corrected chi connectivity index (χ2v) is 4.31. The van der Waals surface area contributed by atoms with E-state index in [-0.39, 0.29) is 0 Å². The fraction of sp³-hybridized carbons (Fsp3) is 0.385. The van der Waals surface area contributed by atoms with Gasteiger partial charge in [0.25, 0.3) is 0 Å². The molecule has 19 heavy (non-hydrogen) atoms. The molecule has 4 nitrogen and oxygen atoms in total. The summed E-state index contributed by atoms with van der Waals surface area (Å²) in [7, 11) is 1.75. The lowest BCUT2D eigenvalue weighted by atomic mass is 10.3. The van der Waals surface area contributed by atoms with E-state index < -0.39 is 11.6 Å². The fourth-order valence-electron chi connectivity index (χ4n) is 1.70. The summed E-state index contributed by atoms with van der Waals surface area (Å²) in [5.74, 6) is -0.617. The van der Waals surface area contributed by atoms with Gasteiger partial charge < -0.3 is 9.42 Å². The molecular formula is C13H15F2N3O. The van der Waals surface area contributed by atoms with Crippen molar-refractivity contribution >= 4 is 5.69 Å². The van der Waals surface area contributed by atoms with Crippen LogP contribution in [0, 0.1) is 11.6 Å². The lowest BCUT2D eigenvalue weighted by molar-refractivity contribution is 0.372. The van der Waals surface area contributed by atoms with Gasteiger partial charge in [0.2, 0.25) is 5.89 Å². The average Bonchev–Trinajstić information content (AvgIpc) is 2.80. The molecule has 0 bridgehead atoms. The van der Waals surface area contributed by atoms with Gasteiger partial charge in [-0.25, -0.2) is 8.78 Å². The monoisotopic (exact) mass is 267 g/mol. The maximum absolute atomic E-state index is 13.1. The molecule has 0 aliphatic carbocycles. The minimum Gasteiger partial charge on any atom is -0.365 e. The zero-order valence-electron chi connectivity index (χ0n) is 10.9. The van der Waals surface area contributed by atoms with Crippen LogP contribution in [-0.4, -0.2) is 17.2 Å². The largest absolute Gasteiger partial charge is 0.365 e. The van der Waals surface area contributed by atoms with Crippen molar-refractivity contribution in [2.45, 2.75) is 26.3 Å². The highest BCUT2D eigenvalue weighted by Gasteiger charge is 2.11. The zero-order valence-corrected chi connectivity index (χ0v) is 10.9. The molecule has 6 heteroatoms. The first-order valence-corrected chi connectivity index (χ1v) is 6.07. The molecule has 0 saturated carbocycles. The Hall–Kier alpha value is -1.98. The van der Waals surface area contributed by atoms with Crippen molar-refractivity contribution in [3.63, 3.8) is 0 Å². The molecule has 0 atom stereocenters. The van der Waals surface area contributed by atoms with Crippen LogP contribution in [-0.2, 0) is 13.0 Å². The molecule has 0 N–H and O–H groups in total. The standard InChI is InChI=1S/C13H15F2N3O/c1-3-4-12-16-13(19-17-12)8-18(2)9-5-6-10(14)11(15)7-9/h5-7H,3-4,8H2,1-2H3. The predicted molar refractivity (Wildman–Crippen MR) is 66.8 cm³/mol. The van der Waals surface area contributed by atoms with Crippen molar-refractivity contribution in [2.24, 2.45) is 0 Å². The number of halogens is 2. The number of hydrogen-bond donors (Lipinski definition) is 0. The summed E-state index contributed by atoms with van der Waals surface area (Å²) in [6.07, 6.45) is 1.70. The van der Waals surface area contributed by atoms with Crippen molar-refractivity contribution < 1.29 is 13.3 Å². The number of hydrogen-bond acceptors (Lipinski definition) is 4. The highest BCUT2D eigenvalue weighted by Crippen LogP contribution is 2.18. The minimum absolute atomic E-state index is 0.349. The Bertz CT molecular complexity index is 557. The first-order valence-electron chi connectivity index (χ1n) is 6.07. The Morgan fingerprint density at radius 1 is 1.26 bits per heavy atom. The van der Waals surface area contributed by atoms with Gasteiger partial charge in [0.05, 0.1) is 6.54 Å². The van der Waals surface area contributed by atoms with E-state index in [0.717, 1.165) is 25.0 Å². The summed E-state index contributed by atoms with van der Waals surface area (Å²) in [5.41, 5.74) is 0.550. The van der Waals surface area contributed by atoms with E-state index in [9.17, 15) is 8.78 Å². The second-order valence-electron chi connectivity index (χ2n) is 4.31. The molecule has 0 saturated heterocycles. The Balaban J connectivity index is 2.06. The van der Waals surface area contributed by atoms with Crippen molar-refractivity contribution in [3.05, 3.63) is 41.5 Å². The number of rotatable bonds is 5. The van der Waals surface area contributed by atoms with Crippen molar-refractivity contribution in [1.29, 1.82) is 0 Å². The quantitative estimate of drug-likeness (QED) is 0.835. The average molecular weight is 267 g/mol. The van der Waals surface area contributed by atoms with Gasteiger partial charge >= 0.3 is 0 Å². The van der Waals surface area contributed by atoms with Gasteiger partial charge in [-0.15, -0.1) is 0 Å². The summed E-state index contributed by atoms with van der Waals surface area (Å²) in [6.45, 7) is 2.38. The Morgan fingerprint density at radius 3 is 2.74 bits per heavy atom. The predicted octanol–water partition coefficient (Wildman–Crippen LogP) is 2.94. The van der Waals surface area contributed by atoms with Gasteiger partial charge in [0.15, 0.2) is 17.5 Å². The van der Waals surface area contributed by atoms with E-state index in [0.29, 0.717) is 23.9 Å². The first-order chi connectivity index (χ1) is 9.10. The number of anilines is 1. The summed E-state index contributed by atoms with van der Waals surface area (Å²) < 4.78 is 31.1. The van der Waals surface area contributed by atoms with E-state index in [1.165, 1.54) is 6.07 Å². The Kier molecular flexibility index (Phi) is 4.09. The number of nitrogens with zero attached hydrogens (tertiary/aromatic N) is 3. The van der Waals surface area contributed by atoms with E-state index in [4.69, 9.17) is 4.52 Å². The third kappa shape index (κ3) is 3.27. The van der Waals surface area contributed by atoms with Crippen molar-refractivity contribution in [2.75, 3.05) is 11.9 Å². The summed E-state index contributed by atoms with van der Waals surface area (Å²) in [5, 5.41) is 3.84. The molecular weight excluding hydrogens is 252 g/mol. The van der Waals surface area contributed by atoms with Gasteiger partial charge in [0, 0.05) is 25.2 Å². The summed E-state index contributed by atoms with van der Waals surface area (Å²) >= 11 is 0. The molecule has 0 amide bonds. The highest BCUT2D eigenvalue weighted by molar-refractivity contribution is 5.45. The van der Waals surface area contributed by atoms with Gasteiger partial charge in [-0.3, -0.25) is 0 Å². The van der Waals surface area contributed by atoms with Crippen molar-refractivity contribution in [3.8, 4) is 0 Å². The van der Waals surface area contributed by atoms with Gasteiger partial charge in [0.1, 0.15) is 0 Å². The smallest absolute Gasteiger partial charge is 0.246 e. The molecule has 0 aliphatic rings. The number of benzene rings is 1. The molecule has 0 spiro atoms. The van der Waals surface area contributed by atoms with Crippen LogP contribution in [0.2, 0.25) is 0 Å². The third-order valence-electron chi connectivity index (χ3n) is 2.70. The van der Waals surface area contributed by atoms with E-state index >= 15 is 0 Å². The fourth-order valence-corrected chi connectivity index (χ4v) is 1.70. The summed E-state index contributed by atoms with van der Waals surface area (Å²) in [4.78, 5) is 5.93. The first kappa shape index (κ1) is 13.5. The number of aromatic nitrogens is 2. The highest BCUT2D eigenvalue weighted by atomic mass is 19.2. The van der Waals surface area contributed by atoms with Crippen LogP contribution >= 0.6 is 0 Å². The van der Waals surface area contributed by atoms with Gasteiger partial charge in [-0.1, -0.05) is 12.1 Å². The van der Waals surface area contributed by atoms with Crippen LogP contribution in [0.15, 0.2) is 22.7 Å². The molecule has 0 unspecified atom stereocenters. The van der Waals surface area contributed by atoms with Gasteiger partial charge in [-0.2, -0.15) is 4.98 Å². The Labute approximate surface area is 110 Å². The number of aryl methyl sites for hydroxylation is 1. The normalized spacial score (nSPS) is 10.7. The molecule has 1 aromatic heterocycles. The Morgan fingerprint density at radius 2 is 2.05 bits per heavy atom. The summed E-state index contributed by atoms with van der Waals surface area (Å²) in [6, 6.07) is 3.73. The lowest BCUT2D eigenvalue weighted by Gasteiger charge is -2.16. The van der Waals surface area contributed by atoms with Crippen LogP contribution in [0.1, 0.15) is 25.1 Å². The van der Waals surface area contributed by atoms with Crippen molar-refractivity contribution in [1.82, 2.24) is 10.1 Å². The maximum atomic E-state index is 13.1. The van der Waals surface area contributed by atoms with E-state index in [1.807, 2.05) is 6.92 Å². The lowest BCUT2D eigenvalue weighted by Crippen LogP contribution is -2.17. The van der Waals surface area contributed by atoms with Gasteiger partial charge in [-0.05, 0) is 18.6 Å². The molecule has 0 radical (unpaired) electrons. The van der Waals surface area contributed by atoms with E-state index in [1.54, 1.807) is 11.9 Å². The molecule has 1 heterocycles. The van der Waals surface area contributed by atoms with Crippen LogP contribution in [0.4, 0.5) is 14.5 Å². The second kappa shape index (κ2) is 5.77. The molecule has 0 aliphatic heterocycles. The minimum atomic E-state index is -0.874. The third-order valence-corrected chi connectivity index (χ3v) is 2.70. The zero-order chi connectivity index (χ0) is 13.8. The molecule has 1 aromatic carbocycles. The van der Waals surface area contributed by atoms with Crippen LogP contribution in [0.25, 0.3) is 0 Å². The van der Waals surface area contributed by atoms with Crippen LogP contribution in [0.3, 0.4) is 0 Å². The van der Waals surface area contributed by atoms with Crippen LogP contribution in [0.5, 0.6) is 0 Å². The SMILES string of the molecule is CCCc1noc(CN(C)c2ccc(F)c(F)c2)n1. The molecule has 0 fully saturated rings. The van der Waals surface area contributed by atoms with Crippen LogP contribution < -0.4 is 4.90 Å². The molecule has 102 valence electrons. The maximum Gasteiger partial charge on any atom is 0.246 e. The molecule has 2 aromatic rings. The van der Waals surface area contributed by atoms with E-state index in [2.05, 4.69) is 10.1 Å². The topological polar surface area (TPSA) is 42.2 Å². The molecule has 2 rings (SSSR count).